The highest BCUT2D eigenvalue weighted by atomic mass is 16.5. The van der Waals surface area contributed by atoms with Crippen LogP contribution in [0.4, 0.5) is 0 Å². The average Bonchev–Trinajstić information content (AvgIpc) is 3.02. The molecular formula is C12H25NO. The van der Waals surface area contributed by atoms with Crippen molar-refractivity contribution in [2.75, 3.05) is 14.2 Å². The van der Waals surface area contributed by atoms with Crippen molar-refractivity contribution < 1.29 is 4.74 Å². The molecule has 1 rings (SSSR count). The summed E-state index contributed by atoms with van der Waals surface area (Å²) in [4.78, 5) is 0. The van der Waals surface area contributed by atoms with E-state index in [9.17, 15) is 0 Å². The van der Waals surface area contributed by atoms with Crippen LogP contribution in [0.3, 0.4) is 0 Å². The molecule has 0 heterocycles. The van der Waals surface area contributed by atoms with Crippen molar-refractivity contribution in [1.29, 1.82) is 0 Å². The standard InChI is InChI=1S/C12H25NO/c1-5-12(2,14-4)11(13-3)9-8-10-6-7-10/h10-11,13H,5-9H2,1-4H3. The number of rotatable bonds is 7. The van der Waals surface area contributed by atoms with Gasteiger partial charge < -0.3 is 10.1 Å². The summed E-state index contributed by atoms with van der Waals surface area (Å²) < 4.78 is 5.63. The van der Waals surface area contributed by atoms with Crippen LogP contribution < -0.4 is 5.32 Å². The SMILES string of the molecule is CCC(C)(OC)C(CCC1CC1)NC. The fourth-order valence-electron chi connectivity index (χ4n) is 2.10. The molecule has 14 heavy (non-hydrogen) atoms. The molecule has 0 bridgehead atoms. The quantitative estimate of drug-likeness (QED) is 0.680. The van der Waals surface area contributed by atoms with E-state index in [0.717, 1.165) is 12.3 Å². The van der Waals surface area contributed by atoms with Gasteiger partial charge in [-0.2, -0.15) is 0 Å². The van der Waals surface area contributed by atoms with Gasteiger partial charge >= 0.3 is 0 Å². The van der Waals surface area contributed by atoms with Gasteiger partial charge in [0.05, 0.1) is 5.60 Å². The van der Waals surface area contributed by atoms with E-state index in [1.54, 1.807) is 0 Å². The Morgan fingerprint density at radius 1 is 1.50 bits per heavy atom. The van der Waals surface area contributed by atoms with Crippen LogP contribution in [-0.2, 0) is 4.74 Å². The van der Waals surface area contributed by atoms with Crippen molar-refractivity contribution in [3.05, 3.63) is 0 Å². The van der Waals surface area contributed by atoms with Crippen LogP contribution in [0, 0.1) is 5.92 Å². The normalized spacial score (nSPS) is 23.1. The lowest BCUT2D eigenvalue weighted by molar-refractivity contribution is -0.0298. The summed E-state index contributed by atoms with van der Waals surface area (Å²) in [5.74, 6) is 1.02. The van der Waals surface area contributed by atoms with Crippen LogP contribution in [0.1, 0.15) is 46.0 Å². The number of ether oxygens (including phenoxy) is 1. The van der Waals surface area contributed by atoms with Gasteiger partial charge in [0.25, 0.3) is 0 Å². The molecular weight excluding hydrogens is 174 g/mol. The maximum absolute atomic E-state index is 5.63. The molecule has 1 fully saturated rings. The minimum Gasteiger partial charge on any atom is -0.377 e. The van der Waals surface area contributed by atoms with Gasteiger partial charge in [0.15, 0.2) is 0 Å². The summed E-state index contributed by atoms with van der Waals surface area (Å²) in [5, 5.41) is 3.40. The zero-order chi connectivity index (χ0) is 10.6. The van der Waals surface area contributed by atoms with Crippen molar-refractivity contribution in [1.82, 2.24) is 5.32 Å². The third-order valence-corrected chi connectivity index (χ3v) is 3.81. The van der Waals surface area contributed by atoms with Crippen molar-refractivity contribution in [2.24, 2.45) is 5.92 Å². The Labute approximate surface area is 88.4 Å². The molecule has 0 aliphatic heterocycles. The molecule has 2 unspecified atom stereocenters. The molecule has 1 aliphatic carbocycles. The van der Waals surface area contributed by atoms with E-state index >= 15 is 0 Å². The van der Waals surface area contributed by atoms with Crippen LogP contribution in [-0.4, -0.2) is 25.8 Å². The molecule has 84 valence electrons. The van der Waals surface area contributed by atoms with Crippen LogP contribution in [0.5, 0.6) is 0 Å². The van der Waals surface area contributed by atoms with Gasteiger partial charge in [0.2, 0.25) is 0 Å². The van der Waals surface area contributed by atoms with Crippen LogP contribution in [0.2, 0.25) is 0 Å². The van der Waals surface area contributed by atoms with Crippen LogP contribution >= 0.6 is 0 Å². The highest BCUT2D eigenvalue weighted by Gasteiger charge is 2.32. The fourth-order valence-corrected chi connectivity index (χ4v) is 2.10. The second-order valence-corrected chi connectivity index (χ2v) is 4.73. The molecule has 0 aromatic heterocycles. The second-order valence-electron chi connectivity index (χ2n) is 4.73. The number of methoxy groups -OCH3 is 1. The predicted molar refractivity (Wildman–Crippen MR) is 60.5 cm³/mol. The zero-order valence-corrected chi connectivity index (χ0v) is 10.1. The Kier molecular flexibility index (Phi) is 4.39. The Balaban J connectivity index is 2.39. The maximum atomic E-state index is 5.63. The van der Waals surface area contributed by atoms with E-state index in [4.69, 9.17) is 4.74 Å². The first-order valence-electron chi connectivity index (χ1n) is 5.88. The third kappa shape index (κ3) is 2.96. The van der Waals surface area contributed by atoms with Gasteiger partial charge in [-0.25, -0.2) is 0 Å². The molecule has 2 heteroatoms. The van der Waals surface area contributed by atoms with E-state index in [-0.39, 0.29) is 5.60 Å². The van der Waals surface area contributed by atoms with Gasteiger partial charge in [0, 0.05) is 13.2 Å². The average molecular weight is 199 g/mol. The fraction of sp³-hybridized carbons (Fsp3) is 1.00. The van der Waals surface area contributed by atoms with Crippen LogP contribution in [0.15, 0.2) is 0 Å². The number of nitrogens with one attached hydrogen (secondary N) is 1. The van der Waals surface area contributed by atoms with Crippen molar-refractivity contribution in [3.8, 4) is 0 Å². The topological polar surface area (TPSA) is 21.3 Å². The lowest BCUT2D eigenvalue weighted by Crippen LogP contribution is -2.48. The number of hydrogen-bond donors (Lipinski definition) is 1. The first kappa shape index (κ1) is 12.0. The summed E-state index contributed by atoms with van der Waals surface area (Å²) in [7, 11) is 3.87. The molecule has 0 radical (unpaired) electrons. The van der Waals surface area contributed by atoms with E-state index in [0.29, 0.717) is 6.04 Å². The van der Waals surface area contributed by atoms with E-state index in [2.05, 4.69) is 19.2 Å². The van der Waals surface area contributed by atoms with Crippen LogP contribution in [0.25, 0.3) is 0 Å². The van der Waals surface area contributed by atoms with E-state index in [1.807, 2.05) is 14.2 Å². The Hall–Kier alpha value is -0.0800. The summed E-state index contributed by atoms with van der Waals surface area (Å²) in [6, 6.07) is 0.498. The second kappa shape index (κ2) is 5.13. The van der Waals surface area contributed by atoms with Gasteiger partial charge in [-0.15, -0.1) is 0 Å². The molecule has 2 atom stereocenters. The zero-order valence-electron chi connectivity index (χ0n) is 10.1. The first-order valence-corrected chi connectivity index (χ1v) is 5.88. The van der Waals surface area contributed by atoms with Crippen molar-refractivity contribution in [3.63, 3.8) is 0 Å². The van der Waals surface area contributed by atoms with Gasteiger partial charge in [-0.3, -0.25) is 0 Å². The monoisotopic (exact) mass is 199 g/mol. The molecule has 1 N–H and O–H groups in total. The van der Waals surface area contributed by atoms with E-state index < -0.39 is 0 Å². The van der Waals surface area contributed by atoms with Crippen molar-refractivity contribution in [2.45, 2.75) is 57.6 Å². The molecule has 0 amide bonds. The molecule has 0 spiro atoms. The Morgan fingerprint density at radius 3 is 2.50 bits per heavy atom. The molecule has 1 aliphatic rings. The predicted octanol–water partition coefficient (Wildman–Crippen LogP) is 2.58. The highest BCUT2D eigenvalue weighted by Crippen LogP contribution is 2.35. The lowest BCUT2D eigenvalue weighted by atomic mass is 9.89. The molecule has 0 saturated heterocycles. The van der Waals surface area contributed by atoms with Gasteiger partial charge in [-0.05, 0) is 39.2 Å². The first-order chi connectivity index (χ1) is 6.66. The van der Waals surface area contributed by atoms with Gasteiger partial charge in [-0.1, -0.05) is 19.8 Å². The smallest absolute Gasteiger partial charge is 0.0800 e. The molecule has 0 aromatic rings. The minimum absolute atomic E-state index is 0.00361. The Morgan fingerprint density at radius 2 is 2.14 bits per heavy atom. The summed E-state index contributed by atoms with van der Waals surface area (Å²) in [5.41, 5.74) is 0.00361. The molecule has 2 nitrogen and oxygen atoms in total. The largest absolute Gasteiger partial charge is 0.377 e. The lowest BCUT2D eigenvalue weighted by Gasteiger charge is -2.35. The van der Waals surface area contributed by atoms with Crippen molar-refractivity contribution >= 4 is 0 Å². The summed E-state index contributed by atoms with van der Waals surface area (Å²) >= 11 is 0. The molecule has 1 saturated carbocycles. The molecule has 0 aromatic carbocycles. The Bertz CT molecular complexity index is 162. The third-order valence-electron chi connectivity index (χ3n) is 3.81. The number of likely N-dealkylation sites (N-methyl/N-ethyl adjacent to an activating group) is 1. The number of hydrogen-bond acceptors (Lipinski definition) is 2. The van der Waals surface area contributed by atoms with E-state index in [1.165, 1.54) is 25.7 Å². The summed E-state index contributed by atoms with van der Waals surface area (Å²) in [6.45, 7) is 4.41. The van der Waals surface area contributed by atoms with Gasteiger partial charge in [0.1, 0.15) is 0 Å². The summed E-state index contributed by atoms with van der Waals surface area (Å²) in [6.07, 6.45) is 6.59. The minimum atomic E-state index is 0.00361. The highest BCUT2D eigenvalue weighted by molar-refractivity contribution is 4.89. The maximum Gasteiger partial charge on any atom is 0.0800 e.